The third-order valence-electron chi connectivity index (χ3n) is 3.19. The second-order valence-corrected chi connectivity index (χ2v) is 7.02. The standard InChI is InChI=1S/C16H9F5O5S2/c1-9(17)24-13-5-4-10(6-14(13)27-26-25-20)11-2-3-12(8-16(18)19)15(7-11)28(21,22)23/h2-8H,1H2. The van der Waals surface area contributed by atoms with Gasteiger partial charge in [-0.05, 0) is 45.5 Å². The van der Waals surface area contributed by atoms with Crippen LogP contribution in [0.5, 0.6) is 5.75 Å². The summed E-state index contributed by atoms with van der Waals surface area (Å²) in [5.41, 5.74) is -0.229. The van der Waals surface area contributed by atoms with Crippen LogP contribution in [0, 0.1) is 0 Å². The molecule has 0 aliphatic carbocycles. The van der Waals surface area contributed by atoms with Crippen LogP contribution in [0.1, 0.15) is 5.56 Å². The van der Waals surface area contributed by atoms with Crippen LogP contribution in [0.4, 0.5) is 21.6 Å². The summed E-state index contributed by atoms with van der Waals surface area (Å²) in [5.74, 6) is -0.143. The Balaban J connectivity index is 2.57. The highest BCUT2D eigenvalue weighted by molar-refractivity contribution is 7.94. The molecule has 0 heterocycles. The molecule has 0 saturated heterocycles. The lowest BCUT2D eigenvalue weighted by Crippen LogP contribution is -1.97. The van der Waals surface area contributed by atoms with Gasteiger partial charge in [0.25, 0.3) is 12.1 Å². The van der Waals surface area contributed by atoms with Gasteiger partial charge in [-0.1, -0.05) is 18.2 Å². The Labute approximate surface area is 160 Å². The normalized spacial score (nSPS) is 11.2. The molecule has 0 radical (unpaired) electrons. The Morgan fingerprint density at radius 3 is 2.29 bits per heavy atom. The molecule has 0 bridgehead atoms. The number of halogens is 5. The van der Waals surface area contributed by atoms with Crippen LogP contribution in [0.3, 0.4) is 0 Å². The first-order valence-electron chi connectivity index (χ1n) is 7.02. The Kier molecular flexibility index (Phi) is 7.18. The first-order valence-corrected chi connectivity index (χ1v) is 9.14. The summed E-state index contributed by atoms with van der Waals surface area (Å²) in [6.45, 7) is 2.90. The zero-order chi connectivity index (χ0) is 20.9. The molecule has 28 heavy (non-hydrogen) atoms. The molecule has 0 unspecified atom stereocenters. The number of rotatable bonds is 8. The van der Waals surface area contributed by atoms with Crippen molar-refractivity contribution in [1.82, 2.24) is 0 Å². The lowest BCUT2D eigenvalue weighted by atomic mass is 10.0. The molecule has 2 rings (SSSR count). The average Bonchev–Trinajstić information content (AvgIpc) is 2.59. The molecule has 0 saturated carbocycles. The fourth-order valence-corrected chi connectivity index (χ4v) is 3.31. The molecule has 0 aromatic heterocycles. The minimum absolute atomic E-state index is 0.0163. The van der Waals surface area contributed by atoms with Gasteiger partial charge in [0.2, 0.25) is 0 Å². The summed E-state index contributed by atoms with van der Waals surface area (Å²) in [6.07, 6.45) is -2.01. The molecule has 0 N–H and O–H groups in total. The highest BCUT2D eigenvalue weighted by Crippen LogP contribution is 2.36. The predicted octanol–water partition coefficient (Wildman–Crippen LogP) is 5.91. The minimum Gasteiger partial charge on any atom is -0.431 e. The number of benzene rings is 2. The molecular weight excluding hydrogens is 431 g/mol. The maximum atomic E-state index is 13.5. The van der Waals surface area contributed by atoms with E-state index >= 15 is 0 Å². The molecular formula is C16H9F5O5S2. The van der Waals surface area contributed by atoms with E-state index < -0.39 is 32.8 Å². The minimum atomic E-state index is -5.32. The Morgan fingerprint density at radius 2 is 1.71 bits per heavy atom. The summed E-state index contributed by atoms with van der Waals surface area (Å²) in [5, 5.41) is 2.95. The Morgan fingerprint density at radius 1 is 1.07 bits per heavy atom. The predicted molar refractivity (Wildman–Crippen MR) is 90.4 cm³/mol. The third-order valence-corrected chi connectivity index (χ3v) is 4.69. The number of ether oxygens (including phenoxy) is 1. The van der Waals surface area contributed by atoms with Gasteiger partial charge in [-0.2, -0.15) is 21.6 Å². The quantitative estimate of drug-likeness (QED) is 0.127. The zero-order valence-electron chi connectivity index (χ0n) is 13.5. The van der Waals surface area contributed by atoms with Crippen LogP contribution in [-0.2, 0) is 19.6 Å². The molecule has 0 aliphatic heterocycles. The molecule has 0 spiro atoms. The van der Waals surface area contributed by atoms with Gasteiger partial charge >= 0.3 is 10.2 Å². The zero-order valence-corrected chi connectivity index (χ0v) is 15.1. The first kappa shape index (κ1) is 21.9. The summed E-state index contributed by atoms with van der Waals surface area (Å²) in [6, 6.07) is 5.66. The summed E-state index contributed by atoms with van der Waals surface area (Å²) < 4.78 is 94.5. The monoisotopic (exact) mass is 440 g/mol. The highest BCUT2D eigenvalue weighted by atomic mass is 32.3. The summed E-state index contributed by atoms with van der Waals surface area (Å²) in [7, 11) is -5.32. The lowest BCUT2D eigenvalue weighted by molar-refractivity contribution is -0.358. The number of hydrogen-bond acceptors (Lipinski definition) is 6. The van der Waals surface area contributed by atoms with E-state index in [1.807, 2.05) is 0 Å². The van der Waals surface area contributed by atoms with Crippen LogP contribution in [-0.4, -0.2) is 8.42 Å². The fraction of sp³-hybridized carbons (Fsp3) is 0. The van der Waals surface area contributed by atoms with Crippen molar-refractivity contribution in [3.05, 3.63) is 60.6 Å². The maximum Gasteiger partial charge on any atom is 0.332 e. The third kappa shape index (κ3) is 5.79. The summed E-state index contributed by atoms with van der Waals surface area (Å²) >= 11 is 0.288. The van der Waals surface area contributed by atoms with E-state index in [1.54, 1.807) is 0 Å². The second-order valence-electron chi connectivity index (χ2n) is 4.96. The Hall–Kier alpha value is -2.41. The van der Waals surface area contributed by atoms with Crippen LogP contribution in [0.2, 0.25) is 0 Å². The lowest BCUT2D eigenvalue weighted by Gasteiger charge is -2.11. The van der Waals surface area contributed by atoms with Crippen LogP contribution >= 0.6 is 12.0 Å². The summed E-state index contributed by atoms with van der Waals surface area (Å²) in [4.78, 5) is -0.995. The Bertz CT molecular complexity index is 1020. The van der Waals surface area contributed by atoms with E-state index in [1.165, 1.54) is 24.3 Å². The average molecular weight is 440 g/mol. The van der Waals surface area contributed by atoms with Gasteiger partial charge in [0.15, 0.2) is 0 Å². The van der Waals surface area contributed by atoms with Gasteiger partial charge in [-0.25, -0.2) is 0 Å². The SMILES string of the molecule is C=C(F)Oc1ccc(-c2ccc(C=C(F)F)c(S(=O)(=O)F)c2)cc1SOOF. The van der Waals surface area contributed by atoms with E-state index in [0.29, 0.717) is 0 Å². The first-order chi connectivity index (χ1) is 13.1. The molecule has 150 valence electrons. The van der Waals surface area contributed by atoms with Crippen molar-refractivity contribution in [3.8, 4) is 16.9 Å². The molecule has 0 aliphatic rings. The largest absolute Gasteiger partial charge is 0.431 e. The van der Waals surface area contributed by atoms with Crippen LogP contribution < -0.4 is 4.74 Å². The van der Waals surface area contributed by atoms with Gasteiger partial charge in [-0.3, -0.25) is 0 Å². The van der Waals surface area contributed by atoms with Crippen molar-refractivity contribution in [3.63, 3.8) is 0 Å². The van der Waals surface area contributed by atoms with E-state index in [4.69, 9.17) is 0 Å². The van der Waals surface area contributed by atoms with Gasteiger partial charge in [0.05, 0.1) is 16.9 Å². The number of hydrogen-bond donors (Lipinski definition) is 0. The van der Waals surface area contributed by atoms with E-state index in [9.17, 15) is 30.0 Å². The fourth-order valence-electron chi connectivity index (χ4n) is 2.17. The topological polar surface area (TPSA) is 61.8 Å². The molecule has 2 aromatic rings. The van der Waals surface area contributed by atoms with E-state index in [0.717, 1.165) is 12.1 Å². The van der Waals surface area contributed by atoms with Gasteiger partial charge in [-0.15, -0.1) is 8.22 Å². The van der Waals surface area contributed by atoms with Crippen LogP contribution in [0.25, 0.3) is 17.2 Å². The van der Waals surface area contributed by atoms with Crippen molar-refractivity contribution in [1.29, 1.82) is 0 Å². The molecule has 0 fully saturated rings. The van der Waals surface area contributed by atoms with Crippen LogP contribution in [0.15, 0.2) is 64.9 Å². The van der Waals surface area contributed by atoms with Gasteiger partial charge in [0, 0.05) is 11.6 Å². The molecule has 0 amide bonds. The van der Waals surface area contributed by atoms with E-state index in [-0.39, 0.29) is 39.9 Å². The molecule has 12 heteroatoms. The van der Waals surface area contributed by atoms with Crippen molar-refractivity contribution >= 4 is 28.3 Å². The van der Waals surface area contributed by atoms with Crippen molar-refractivity contribution in [2.45, 2.75) is 9.79 Å². The molecule has 0 atom stereocenters. The van der Waals surface area contributed by atoms with E-state index in [2.05, 4.69) is 20.7 Å². The molecule has 5 nitrogen and oxygen atoms in total. The smallest absolute Gasteiger partial charge is 0.332 e. The van der Waals surface area contributed by atoms with Crippen molar-refractivity contribution < 1.29 is 44.2 Å². The maximum absolute atomic E-state index is 13.5. The van der Waals surface area contributed by atoms with Gasteiger partial charge < -0.3 is 4.74 Å². The van der Waals surface area contributed by atoms with Gasteiger partial charge in [0.1, 0.15) is 10.6 Å². The highest BCUT2D eigenvalue weighted by Gasteiger charge is 2.19. The second kappa shape index (κ2) is 9.19. The molecule has 2 aromatic carbocycles. The van der Waals surface area contributed by atoms with Crippen molar-refractivity contribution in [2.75, 3.05) is 0 Å². The van der Waals surface area contributed by atoms with Crippen molar-refractivity contribution in [2.24, 2.45) is 0 Å².